The minimum absolute atomic E-state index is 0.180. The molecular formula is C30H31F7N4O7. The van der Waals surface area contributed by atoms with Crippen LogP contribution in [0.25, 0.3) is 11.1 Å². The van der Waals surface area contributed by atoms with Crippen molar-refractivity contribution >= 4 is 23.5 Å². The SMILES string of the molecule is Cc1[nH]ncc1-c1ccc(OCCN2CCCC2)c(NC(=O)C2COc3ccc(F)cc3C2)c1.O=C(O)C(F)(F)F.O=C(O)C(F)(F)F. The van der Waals surface area contributed by atoms with Gasteiger partial charge in [0, 0.05) is 17.8 Å². The van der Waals surface area contributed by atoms with Crippen LogP contribution >= 0.6 is 0 Å². The number of hydrogen-bond donors (Lipinski definition) is 4. The molecule has 11 nitrogen and oxygen atoms in total. The minimum atomic E-state index is -5.08. The molecule has 0 aliphatic carbocycles. The molecule has 0 saturated carbocycles. The van der Waals surface area contributed by atoms with Gasteiger partial charge in [-0.3, -0.25) is 14.8 Å². The van der Waals surface area contributed by atoms with Crippen molar-refractivity contribution in [3.8, 4) is 22.6 Å². The molecule has 1 atom stereocenters. The molecule has 18 heteroatoms. The number of amides is 1. The van der Waals surface area contributed by atoms with Crippen LogP contribution in [0.15, 0.2) is 42.6 Å². The largest absolute Gasteiger partial charge is 0.492 e. The smallest absolute Gasteiger partial charge is 0.490 e. The van der Waals surface area contributed by atoms with E-state index in [1.165, 1.54) is 25.0 Å². The number of alkyl halides is 6. The lowest BCUT2D eigenvalue weighted by molar-refractivity contribution is -0.193. The number of benzene rings is 2. The molecule has 2 aliphatic heterocycles. The number of fused-ring (bicyclic) bond motifs is 1. The van der Waals surface area contributed by atoms with Crippen molar-refractivity contribution in [1.29, 1.82) is 0 Å². The van der Waals surface area contributed by atoms with Crippen LogP contribution in [0.2, 0.25) is 0 Å². The zero-order chi connectivity index (χ0) is 35.6. The number of likely N-dealkylation sites (tertiary alicyclic amines) is 1. The highest BCUT2D eigenvalue weighted by atomic mass is 19.4. The summed E-state index contributed by atoms with van der Waals surface area (Å²) in [5, 5.41) is 24.4. The molecule has 1 fully saturated rings. The van der Waals surface area contributed by atoms with Gasteiger partial charge in [0.2, 0.25) is 5.91 Å². The zero-order valence-corrected chi connectivity index (χ0v) is 25.3. The lowest BCUT2D eigenvalue weighted by atomic mass is 9.95. The van der Waals surface area contributed by atoms with Crippen molar-refractivity contribution in [3.63, 3.8) is 0 Å². The van der Waals surface area contributed by atoms with E-state index in [0.29, 0.717) is 35.8 Å². The van der Waals surface area contributed by atoms with E-state index in [1.807, 2.05) is 25.1 Å². The monoisotopic (exact) mass is 692 g/mol. The Morgan fingerprint density at radius 2 is 1.65 bits per heavy atom. The number of nitrogens with zero attached hydrogens (tertiary/aromatic N) is 2. The van der Waals surface area contributed by atoms with Gasteiger partial charge >= 0.3 is 24.3 Å². The van der Waals surface area contributed by atoms with E-state index in [0.717, 1.165) is 36.5 Å². The summed E-state index contributed by atoms with van der Waals surface area (Å²) in [4.78, 5) is 33.4. The second-order valence-corrected chi connectivity index (χ2v) is 10.6. The summed E-state index contributed by atoms with van der Waals surface area (Å²) in [5.74, 6) is -5.19. The Bertz CT molecular complexity index is 1550. The quantitative estimate of drug-likeness (QED) is 0.237. The summed E-state index contributed by atoms with van der Waals surface area (Å²) in [6.07, 6.45) is -5.51. The van der Waals surface area contributed by atoms with E-state index in [-0.39, 0.29) is 18.3 Å². The Balaban J connectivity index is 0.000000376. The number of hydrogen-bond acceptors (Lipinski definition) is 7. The summed E-state index contributed by atoms with van der Waals surface area (Å²) < 4.78 is 89.0. The Labute approximate surface area is 268 Å². The maximum atomic E-state index is 13.7. The number of carbonyl (C=O) groups is 3. The van der Waals surface area contributed by atoms with Gasteiger partial charge in [0.05, 0.1) is 17.8 Å². The molecule has 3 aromatic rings. The summed E-state index contributed by atoms with van der Waals surface area (Å²) in [6.45, 7) is 5.82. The molecule has 1 aromatic heterocycles. The average Bonchev–Trinajstić information content (AvgIpc) is 3.69. The molecule has 0 spiro atoms. The van der Waals surface area contributed by atoms with Crippen LogP contribution in [0.4, 0.5) is 36.4 Å². The van der Waals surface area contributed by atoms with Crippen LogP contribution in [0.3, 0.4) is 0 Å². The third-order valence-corrected chi connectivity index (χ3v) is 7.03. The first kappa shape index (κ1) is 37.6. The molecule has 4 N–H and O–H groups in total. The van der Waals surface area contributed by atoms with E-state index in [4.69, 9.17) is 29.3 Å². The number of carbonyl (C=O) groups excluding carboxylic acids is 1. The first-order valence-electron chi connectivity index (χ1n) is 14.3. The maximum absolute atomic E-state index is 13.7. The van der Waals surface area contributed by atoms with Gasteiger partial charge in [-0.25, -0.2) is 14.0 Å². The van der Waals surface area contributed by atoms with Crippen LogP contribution in [0, 0.1) is 18.7 Å². The predicted octanol–water partition coefficient (Wildman–Crippen LogP) is 5.46. The van der Waals surface area contributed by atoms with Gasteiger partial charge in [0.15, 0.2) is 0 Å². The van der Waals surface area contributed by atoms with Gasteiger partial charge < -0.3 is 25.0 Å². The number of nitrogens with one attached hydrogen (secondary N) is 2. The number of ether oxygens (including phenoxy) is 2. The second kappa shape index (κ2) is 16.3. The first-order valence-corrected chi connectivity index (χ1v) is 14.3. The van der Waals surface area contributed by atoms with Crippen molar-refractivity contribution < 1.29 is 64.8 Å². The molecule has 0 radical (unpaired) electrons. The molecule has 1 amide bonds. The van der Waals surface area contributed by atoms with E-state index < -0.39 is 30.2 Å². The average molecular weight is 693 g/mol. The lowest BCUT2D eigenvalue weighted by Gasteiger charge is -2.25. The number of carboxylic acids is 2. The molecule has 2 aromatic carbocycles. The molecule has 0 bridgehead atoms. The zero-order valence-electron chi connectivity index (χ0n) is 25.3. The topological polar surface area (TPSA) is 154 Å². The molecule has 1 saturated heterocycles. The number of anilines is 1. The van der Waals surface area contributed by atoms with Gasteiger partial charge in [-0.1, -0.05) is 6.07 Å². The van der Waals surface area contributed by atoms with Gasteiger partial charge in [-0.2, -0.15) is 31.4 Å². The Morgan fingerprint density at radius 3 is 2.21 bits per heavy atom. The van der Waals surface area contributed by atoms with Gasteiger partial charge in [-0.05, 0) is 80.7 Å². The van der Waals surface area contributed by atoms with E-state index in [2.05, 4.69) is 20.4 Å². The first-order chi connectivity index (χ1) is 22.5. The van der Waals surface area contributed by atoms with Crippen molar-refractivity contribution in [1.82, 2.24) is 15.1 Å². The minimum Gasteiger partial charge on any atom is -0.492 e. The normalized spacial score (nSPS) is 15.9. The maximum Gasteiger partial charge on any atom is 0.490 e. The van der Waals surface area contributed by atoms with Crippen LogP contribution in [-0.4, -0.2) is 88.4 Å². The van der Waals surface area contributed by atoms with Gasteiger partial charge in [0.25, 0.3) is 0 Å². The fourth-order valence-electron chi connectivity index (χ4n) is 4.62. The summed E-state index contributed by atoms with van der Waals surface area (Å²) in [7, 11) is 0. The molecular weight excluding hydrogens is 661 g/mol. The molecule has 5 rings (SSSR count). The number of aromatic nitrogens is 2. The molecule has 2 aliphatic rings. The van der Waals surface area contributed by atoms with Gasteiger partial charge in [-0.15, -0.1) is 0 Å². The van der Waals surface area contributed by atoms with Gasteiger partial charge in [0.1, 0.15) is 30.5 Å². The van der Waals surface area contributed by atoms with Crippen molar-refractivity contribution in [2.75, 3.05) is 38.2 Å². The van der Waals surface area contributed by atoms with Crippen molar-refractivity contribution in [3.05, 3.63) is 59.7 Å². The van der Waals surface area contributed by atoms with Crippen LogP contribution in [0.1, 0.15) is 24.1 Å². The number of halogens is 7. The number of aromatic amines is 1. The Morgan fingerprint density at radius 1 is 1.02 bits per heavy atom. The van der Waals surface area contributed by atoms with Crippen molar-refractivity contribution in [2.24, 2.45) is 5.92 Å². The predicted molar refractivity (Wildman–Crippen MR) is 155 cm³/mol. The highest BCUT2D eigenvalue weighted by Gasteiger charge is 2.39. The molecule has 3 heterocycles. The molecule has 262 valence electrons. The molecule has 1 unspecified atom stereocenters. The van der Waals surface area contributed by atoms with Crippen LogP contribution in [-0.2, 0) is 20.8 Å². The standard InChI is InChI=1S/C26H29FN4O3.2C2HF3O2/c1-17-22(15-28-30-17)18-4-6-25(33-11-10-31-8-2-3-9-31)23(14-18)29-26(32)20-12-19-13-21(27)5-7-24(19)34-16-20;2*3-2(4,5)1(6)7/h4-7,13-15,20H,2-3,8-12,16H2,1H3,(H,28,30)(H,29,32);2*(H,6,7). The fraction of sp³-hybridized carbons (Fsp3) is 0.400. The second-order valence-electron chi connectivity index (χ2n) is 10.6. The number of rotatable bonds is 7. The van der Waals surface area contributed by atoms with E-state index >= 15 is 0 Å². The highest BCUT2D eigenvalue weighted by Crippen LogP contribution is 2.34. The number of carboxylic acid groups (broad SMARTS) is 2. The summed E-state index contributed by atoms with van der Waals surface area (Å²) >= 11 is 0. The Kier molecular flexibility index (Phi) is 12.8. The summed E-state index contributed by atoms with van der Waals surface area (Å²) in [6, 6.07) is 10.2. The summed E-state index contributed by atoms with van der Waals surface area (Å²) in [5.41, 5.74) is 4.15. The lowest BCUT2D eigenvalue weighted by Crippen LogP contribution is -2.33. The van der Waals surface area contributed by atoms with E-state index in [9.17, 15) is 35.5 Å². The Hall–Kier alpha value is -4.87. The number of aryl methyl sites for hydroxylation is 1. The fourth-order valence-corrected chi connectivity index (χ4v) is 4.62. The highest BCUT2D eigenvalue weighted by molar-refractivity contribution is 5.95. The van der Waals surface area contributed by atoms with Crippen LogP contribution < -0.4 is 14.8 Å². The number of H-pyrrole nitrogens is 1. The van der Waals surface area contributed by atoms with Crippen molar-refractivity contribution in [2.45, 2.75) is 38.5 Å². The third kappa shape index (κ3) is 11.1. The number of aliphatic carboxylic acids is 2. The van der Waals surface area contributed by atoms with E-state index in [1.54, 1.807) is 12.3 Å². The third-order valence-electron chi connectivity index (χ3n) is 7.03. The molecule has 48 heavy (non-hydrogen) atoms. The van der Waals surface area contributed by atoms with Crippen LogP contribution in [0.5, 0.6) is 11.5 Å².